The van der Waals surface area contributed by atoms with E-state index in [4.69, 9.17) is 5.73 Å². The number of hydrogen-bond acceptors (Lipinski definition) is 2. The van der Waals surface area contributed by atoms with Crippen LogP contribution < -0.4 is 11.1 Å². The molecule has 0 aliphatic carbocycles. The fourth-order valence-corrected chi connectivity index (χ4v) is 2.35. The van der Waals surface area contributed by atoms with Gasteiger partial charge < -0.3 is 11.1 Å². The van der Waals surface area contributed by atoms with Crippen molar-refractivity contribution in [2.45, 2.75) is 32.4 Å². The summed E-state index contributed by atoms with van der Waals surface area (Å²) in [6.45, 7) is 2.55. The molecule has 0 fully saturated rings. The Morgan fingerprint density at radius 2 is 2.00 bits per heavy atom. The van der Waals surface area contributed by atoms with Crippen molar-refractivity contribution in [2.24, 2.45) is 11.7 Å². The molecule has 7 heteroatoms. The highest BCUT2D eigenvalue weighted by molar-refractivity contribution is 9.10. The lowest BCUT2D eigenvalue weighted by Crippen LogP contribution is -2.15. The minimum Gasteiger partial charge on any atom is -0.330 e. The molecule has 0 heterocycles. The lowest BCUT2D eigenvalue weighted by atomic mass is 10.0. The van der Waals surface area contributed by atoms with Crippen molar-refractivity contribution >= 4 is 27.5 Å². The number of rotatable bonds is 6. The van der Waals surface area contributed by atoms with Gasteiger partial charge in [0.15, 0.2) is 0 Å². The second-order valence-corrected chi connectivity index (χ2v) is 5.91. The summed E-state index contributed by atoms with van der Waals surface area (Å²) in [7, 11) is 0. The maximum absolute atomic E-state index is 12.7. The Balaban J connectivity index is 2.66. The Labute approximate surface area is 130 Å². The summed E-state index contributed by atoms with van der Waals surface area (Å²) in [4.78, 5) is 11.8. The van der Waals surface area contributed by atoms with Crippen LogP contribution in [0.4, 0.5) is 18.9 Å². The molecule has 1 rings (SSSR count). The van der Waals surface area contributed by atoms with E-state index in [0.29, 0.717) is 18.9 Å². The normalized spacial score (nSPS) is 13.0. The highest BCUT2D eigenvalue weighted by Gasteiger charge is 2.31. The quantitative estimate of drug-likeness (QED) is 0.793. The molecule has 1 aromatic rings. The molecule has 118 valence electrons. The Morgan fingerprint density at radius 1 is 1.33 bits per heavy atom. The molecule has 0 saturated heterocycles. The van der Waals surface area contributed by atoms with Crippen LogP contribution in [0, 0.1) is 5.92 Å². The fourth-order valence-electron chi connectivity index (χ4n) is 1.86. The molecular weight excluding hydrogens is 349 g/mol. The molecule has 0 saturated carbocycles. The zero-order chi connectivity index (χ0) is 16.0. The van der Waals surface area contributed by atoms with Crippen molar-refractivity contribution in [2.75, 3.05) is 11.9 Å². The molecule has 0 aliphatic rings. The summed E-state index contributed by atoms with van der Waals surface area (Å²) in [5.74, 6) is 0.0130. The van der Waals surface area contributed by atoms with Gasteiger partial charge in [-0.15, -0.1) is 0 Å². The van der Waals surface area contributed by atoms with E-state index >= 15 is 0 Å². The summed E-state index contributed by atoms with van der Waals surface area (Å²) in [5, 5.41) is 2.49. The van der Waals surface area contributed by atoms with Crippen LogP contribution in [0.25, 0.3) is 0 Å². The number of benzene rings is 1. The molecule has 1 atom stereocenters. The predicted octanol–water partition coefficient (Wildman–Crippen LogP) is 4.17. The molecule has 3 N–H and O–H groups in total. The second kappa shape index (κ2) is 7.79. The third-order valence-electron chi connectivity index (χ3n) is 3.03. The van der Waals surface area contributed by atoms with E-state index in [2.05, 4.69) is 21.2 Å². The minimum absolute atomic E-state index is 0.133. The Kier molecular flexibility index (Phi) is 6.67. The van der Waals surface area contributed by atoms with Crippen LogP contribution >= 0.6 is 15.9 Å². The third-order valence-corrected chi connectivity index (χ3v) is 3.49. The van der Waals surface area contributed by atoms with E-state index in [0.717, 1.165) is 18.6 Å². The monoisotopic (exact) mass is 366 g/mol. The third kappa shape index (κ3) is 6.48. The first-order valence-electron chi connectivity index (χ1n) is 6.60. The van der Waals surface area contributed by atoms with E-state index in [1.165, 1.54) is 6.07 Å². The average Bonchev–Trinajstić information content (AvgIpc) is 2.35. The van der Waals surface area contributed by atoms with Gasteiger partial charge in [0, 0.05) is 16.6 Å². The number of amides is 1. The van der Waals surface area contributed by atoms with Crippen molar-refractivity contribution in [3.63, 3.8) is 0 Å². The SMILES string of the molecule is CC(CCN)CCC(=O)Nc1cc(Br)cc(C(F)(F)F)c1. The maximum atomic E-state index is 12.7. The van der Waals surface area contributed by atoms with Crippen molar-refractivity contribution in [3.05, 3.63) is 28.2 Å². The summed E-state index contributed by atoms with van der Waals surface area (Å²) in [6.07, 6.45) is -2.71. The summed E-state index contributed by atoms with van der Waals surface area (Å²) in [5.41, 5.74) is 4.75. The van der Waals surface area contributed by atoms with E-state index in [9.17, 15) is 18.0 Å². The van der Waals surface area contributed by atoms with Gasteiger partial charge in [0.2, 0.25) is 5.91 Å². The van der Waals surface area contributed by atoms with E-state index in [-0.39, 0.29) is 22.5 Å². The zero-order valence-corrected chi connectivity index (χ0v) is 13.2. The van der Waals surface area contributed by atoms with Crippen LogP contribution in [0.2, 0.25) is 0 Å². The first-order valence-corrected chi connectivity index (χ1v) is 7.39. The summed E-state index contributed by atoms with van der Waals surface area (Å²) in [6, 6.07) is 3.33. The van der Waals surface area contributed by atoms with Gasteiger partial charge in [-0.05, 0) is 43.5 Å². The van der Waals surface area contributed by atoms with Gasteiger partial charge in [0.05, 0.1) is 5.56 Å². The smallest absolute Gasteiger partial charge is 0.330 e. The largest absolute Gasteiger partial charge is 0.416 e. The van der Waals surface area contributed by atoms with Crippen LogP contribution in [0.15, 0.2) is 22.7 Å². The van der Waals surface area contributed by atoms with Gasteiger partial charge in [0.25, 0.3) is 0 Å². The molecule has 0 aromatic heterocycles. The molecule has 1 unspecified atom stereocenters. The van der Waals surface area contributed by atoms with E-state index < -0.39 is 11.7 Å². The van der Waals surface area contributed by atoms with Crippen LogP contribution in [-0.4, -0.2) is 12.5 Å². The molecule has 1 amide bonds. The van der Waals surface area contributed by atoms with Crippen LogP contribution in [0.1, 0.15) is 31.7 Å². The molecule has 0 aliphatic heterocycles. The predicted molar refractivity (Wildman–Crippen MR) is 79.8 cm³/mol. The molecular formula is C14H18BrF3N2O. The minimum atomic E-state index is -4.45. The maximum Gasteiger partial charge on any atom is 0.416 e. The zero-order valence-electron chi connectivity index (χ0n) is 11.6. The fraction of sp³-hybridized carbons (Fsp3) is 0.500. The number of halogens is 4. The van der Waals surface area contributed by atoms with Gasteiger partial charge >= 0.3 is 6.18 Å². The number of anilines is 1. The van der Waals surface area contributed by atoms with Gasteiger partial charge in [-0.25, -0.2) is 0 Å². The van der Waals surface area contributed by atoms with Crippen molar-refractivity contribution in [1.29, 1.82) is 0 Å². The Bertz CT molecular complexity index is 492. The van der Waals surface area contributed by atoms with Gasteiger partial charge in [-0.3, -0.25) is 4.79 Å². The highest BCUT2D eigenvalue weighted by atomic mass is 79.9. The Hall–Kier alpha value is -1.08. The van der Waals surface area contributed by atoms with Gasteiger partial charge in [0.1, 0.15) is 0 Å². The number of carbonyl (C=O) groups excluding carboxylic acids is 1. The van der Waals surface area contributed by atoms with Gasteiger partial charge in [-0.2, -0.15) is 13.2 Å². The molecule has 3 nitrogen and oxygen atoms in total. The topological polar surface area (TPSA) is 55.1 Å². The number of alkyl halides is 3. The second-order valence-electron chi connectivity index (χ2n) is 5.00. The molecule has 0 radical (unpaired) electrons. The molecule has 21 heavy (non-hydrogen) atoms. The lowest BCUT2D eigenvalue weighted by Gasteiger charge is -2.12. The van der Waals surface area contributed by atoms with Crippen molar-refractivity contribution < 1.29 is 18.0 Å². The van der Waals surface area contributed by atoms with E-state index in [1.54, 1.807) is 0 Å². The lowest BCUT2D eigenvalue weighted by molar-refractivity contribution is -0.137. The summed E-state index contributed by atoms with van der Waals surface area (Å²) < 4.78 is 38.3. The first-order chi connectivity index (χ1) is 9.72. The number of hydrogen-bond donors (Lipinski definition) is 2. The number of nitrogens with two attached hydrogens (primary N) is 1. The molecule has 1 aromatic carbocycles. The van der Waals surface area contributed by atoms with Crippen LogP contribution in [0.3, 0.4) is 0 Å². The number of nitrogens with one attached hydrogen (secondary N) is 1. The molecule has 0 bridgehead atoms. The molecule has 0 spiro atoms. The first kappa shape index (κ1) is 18.0. The number of carbonyl (C=O) groups is 1. The van der Waals surface area contributed by atoms with Crippen molar-refractivity contribution in [1.82, 2.24) is 0 Å². The van der Waals surface area contributed by atoms with Crippen LogP contribution in [-0.2, 0) is 11.0 Å². The average molecular weight is 367 g/mol. The standard InChI is InChI=1S/C14H18BrF3N2O/c1-9(4-5-19)2-3-13(21)20-12-7-10(14(16,17)18)6-11(15)8-12/h6-9H,2-5,19H2,1H3,(H,20,21). The van der Waals surface area contributed by atoms with E-state index in [1.807, 2.05) is 6.92 Å². The Morgan fingerprint density at radius 3 is 2.57 bits per heavy atom. The summed E-state index contributed by atoms with van der Waals surface area (Å²) >= 11 is 3.01. The van der Waals surface area contributed by atoms with Crippen LogP contribution in [0.5, 0.6) is 0 Å². The highest BCUT2D eigenvalue weighted by Crippen LogP contribution is 2.33. The van der Waals surface area contributed by atoms with Crippen molar-refractivity contribution in [3.8, 4) is 0 Å². The van der Waals surface area contributed by atoms with Gasteiger partial charge in [-0.1, -0.05) is 22.9 Å².